The minimum atomic E-state index is -0.278. The van der Waals surface area contributed by atoms with Crippen LogP contribution in [0.15, 0.2) is 6.07 Å². The number of nitrogens with one attached hydrogen (secondary N) is 2. The molecule has 3 aliphatic rings. The van der Waals surface area contributed by atoms with Crippen molar-refractivity contribution in [2.24, 2.45) is 11.8 Å². The lowest BCUT2D eigenvalue weighted by atomic mass is 9.95. The van der Waals surface area contributed by atoms with E-state index in [4.69, 9.17) is 10.5 Å². The summed E-state index contributed by atoms with van der Waals surface area (Å²) < 4.78 is 5.60. The Bertz CT molecular complexity index is 696. The predicted molar refractivity (Wildman–Crippen MR) is 104 cm³/mol. The molecule has 2 amide bonds. The van der Waals surface area contributed by atoms with Gasteiger partial charge in [0.05, 0.1) is 6.10 Å². The van der Waals surface area contributed by atoms with Gasteiger partial charge in [-0.3, -0.25) is 14.7 Å². The molecule has 28 heavy (non-hydrogen) atoms. The molecular weight excluding hydrogens is 360 g/mol. The molecule has 4 N–H and O–H groups in total. The van der Waals surface area contributed by atoms with Crippen molar-refractivity contribution in [3.05, 3.63) is 11.8 Å². The molecule has 2 saturated heterocycles. The van der Waals surface area contributed by atoms with Crippen LogP contribution in [0.1, 0.15) is 36.2 Å². The molecule has 0 spiro atoms. The maximum absolute atomic E-state index is 12.3. The molecule has 1 saturated carbocycles. The second-order valence-electron chi connectivity index (χ2n) is 8.34. The summed E-state index contributed by atoms with van der Waals surface area (Å²) in [7, 11) is 0. The molecule has 1 atom stereocenters. The number of aromatic amines is 1. The third-order valence-corrected chi connectivity index (χ3v) is 5.95. The van der Waals surface area contributed by atoms with E-state index in [1.165, 1.54) is 25.5 Å². The highest BCUT2D eigenvalue weighted by Crippen LogP contribution is 2.31. The molecule has 1 aromatic rings. The Kier molecular flexibility index (Phi) is 5.82. The smallest absolute Gasteiger partial charge is 0.269 e. The highest BCUT2D eigenvalue weighted by Gasteiger charge is 2.31. The first-order valence-electron chi connectivity index (χ1n) is 10.3. The minimum Gasteiger partial charge on any atom is -0.382 e. The van der Waals surface area contributed by atoms with Crippen LogP contribution in [0.3, 0.4) is 0 Å². The van der Waals surface area contributed by atoms with Gasteiger partial charge in [0.15, 0.2) is 0 Å². The molecule has 3 heterocycles. The number of carbonyl (C=O) groups is 2. The van der Waals surface area contributed by atoms with Crippen LogP contribution < -0.4 is 11.1 Å². The minimum absolute atomic E-state index is 0.0457. The van der Waals surface area contributed by atoms with Crippen molar-refractivity contribution in [2.45, 2.75) is 31.8 Å². The number of carbonyl (C=O) groups excluding carboxylic acids is 2. The van der Waals surface area contributed by atoms with E-state index in [2.05, 4.69) is 20.4 Å². The number of hydrogen-bond acceptors (Lipinski definition) is 6. The largest absolute Gasteiger partial charge is 0.382 e. The van der Waals surface area contributed by atoms with Crippen molar-refractivity contribution in [3.8, 4) is 0 Å². The van der Waals surface area contributed by atoms with Crippen LogP contribution in [-0.2, 0) is 9.53 Å². The van der Waals surface area contributed by atoms with Crippen molar-refractivity contribution in [1.82, 2.24) is 25.3 Å². The number of rotatable bonds is 7. The molecule has 9 heteroatoms. The second kappa shape index (κ2) is 8.48. The zero-order valence-electron chi connectivity index (χ0n) is 16.2. The van der Waals surface area contributed by atoms with Crippen LogP contribution in [0.2, 0.25) is 0 Å². The fourth-order valence-corrected chi connectivity index (χ4v) is 4.06. The highest BCUT2D eigenvalue weighted by atomic mass is 16.5. The van der Waals surface area contributed by atoms with Crippen LogP contribution in [0.4, 0.5) is 5.82 Å². The highest BCUT2D eigenvalue weighted by molar-refractivity contribution is 5.92. The van der Waals surface area contributed by atoms with E-state index >= 15 is 0 Å². The van der Waals surface area contributed by atoms with Gasteiger partial charge < -0.3 is 25.6 Å². The second-order valence-corrected chi connectivity index (χ2v) is 8.34. The Morgan fingerprint density at radius 2 is 2.00 bits per heavy atom. The quantitative estimate of drug-likeness (QED) is 0.607. The zero-order valence-corrected chi connectivity index (χ0v) is 16.2. The predicted octanol–water partition coefficient (Wildman–Crippen LogP) is 0.0711. The summed E-state index contributed by atoms with van der Waals surface area (Å²) in [4.78, 5) is 28.9. The van der Waals surface area contributed by atoms with E-state index in [1.54, 1.807) is 0 Å². The molecule has 2 aliphatic heterocycles. The van der Waals surface area contributed by atoms with Gasteiger partial charge in [-0.25, -0.2) is 0 Å². The van der Waals surface area contributed by atoms with E-state index in [-0.39, 0.29) is 30.3 Å². The number of H-pyrrole nitrogens is 1. The fourth-order valence-electron chi connectivity index (χ4n) is 4.06. The maximum Gasteiger partial charge on any atom is 0.269 e. The number of piperidine rings is 1. The number of hydrogen-bond donors (Lipinski definition) is 3. The molecule has 154 valence electrons. The van der Waals surface area contributed by atoms with Gasteiger partial charge in [0.2, 0.25) is 5.91 Å². The lowest BCUT2D eigenvalue weighted by molar-refractivity contribution is -0.149. The topological polar surface area (TPSA) is 117 Å². The third kappa shape index (κ3) is 5.02. The van der Waals surface area contributed by atoms with Crippen LogP contribution in [0, 0.1) is 11.8 Å². The van der Waals surface area contributed by atoms with Gasteiger partial charge in [0.1, 0.15) is 18.1 Å². The first kappa shape index (κ1) is 19.2. The summed E-state index contributed by atoms with van der Waals surface area (Å²) in [6.07, 6.45) is 4.90. The summed E-state index contributed by atoms with van der Waals surface area (Å²) in [5.41, 5.74) is 5.84. The molecule has 3 fully saturated rings. The van der Waals surface area contributed by atoms with Crippen molar-refractivity contribution >= 4 is 17.6 Å². The van der Waals surface area contributed by atoms with Crippen LogP contribution >= 0.6 is 0 Å². The van der Waals surface area contributed by atoms with Gasteiger partial charge in [-0.05, 0) is 50.6 Å². The molecule has 1 aromatic heterocycles. The van der Waals surface area contributed by atoms with Gasteiger partial charge in [-0.2, -0.15) is 5.10 Å². The SMILES string of the molecule is Nc1cc(C(=O)NC[C@@H]2CN(CC3CCN(CC4CC4)CC3)C(=O)CO2)[nH]n1. The first-order valence-corrected chi connectivity index (χ1v) is 10.3. The summed E-state index contributed by atoms with van der Waals surface area (Å²) in [6.45, 7) is 5.29. The molecule has 0 aromatic carbocycles. The first-order chi connectivity index (χ1) is 13.6. The average Bonchev–Trinajstić information content (AvgIpc) is 3.40. The van der Waals surface area contributed by atoms with Gasteiger partial charge in [0.25, 0.3) is 5.91 Å². The molecule has 0 bridgehead atoms. The standard InChI is InChI=1S/C19H30N6O3/c20-17-7-16(22-23-17)19(27)21-8-15-11-25(18(26)12-28-15)10-14-3-5-24(6-4-14)9-13-1-2-13/h7,13-15H,1-6,8-12H2,(H,21,27)(H3,20,22,23)/t15-/m1/s1. The number of morpholine rings is 1. The molecule has 0 radical (unpaired) electrons. The number of nitrogens with two attached hydrogens (primary N) is 1. The van der Waals surface area contributed by atoms with Gasteiger partial charge >= 0.3 is 0 Å². The van der Waals surface area contributed by atoms with Crippen molar-refractivity contribution in [2.75, 3.05) is 51.6 Å². The van der Waals surface area contributed by atoms with Gasteiger partial charge in [-0.1, -0.05) is 0 Å². The number of anilines is 1. The number of ether oxygens (including phenoxy) is 1. The zero-order chi connectivity index (χ0) is 19.5. The molecular formula is C19H30N6O3. The normalized spacial score (nSPS) is 24.5. The van der Waals surface area contributed by atoms with E-state index in [1.807, 2.05) is 4.90 Å². The van der Waals surface area contributed by atoms with E-state index in [9.17, 15) is 9.59 Å². The Balaban J connectivity index is 1.21. The fraction of sp³-hybridized carbons (Fsp3) is 0.737. The molecule has 0 unspecified atom stereocenters. The van der Waals surface area contributed by atoms with Crippen molar-refractivity contribution in [3.63, 3.8) is 0 Å². The number of likely N-dealkylation sites (tertiary alicyclic amines) is 1. The number of aromatic nitrogens is 2. The van der Waals surface area contributed by atoms with Gasteiger partial charge in [0, 0.05) is 32.2 Å². The summed E-state index contributed by atoms with van der Waals surface area (Å²) in [5.74, 6) is 1.54. The third-order valence-electron chi connectivity index (χ3n) is 5.95. The van der Waals surface area contributed by atoms with Crippen molar-refractivity contribution < 1.29 is 14.3 Å². The average molecular weight is 390 g/mol. The monoisotopic (exact) mass is 390 g/mol. The van der Waals surface area contributed by atoms with Crippen LogP contribution in [0.25, 0.3) is 0 Å². The summed E-state index contributed by atoms with van der Waals surface area (Å²) >= 11 is 0. The number of nitrogens with zero attached hydrogens (tertiary/aromatic N) is 3. The number of nitrogen functional groups attached to an aromatic ring is 1. The van der Waals surface area contributed by atoms with Crippen LogP contribution in [0.5, 0.6) is 0 Å². The molecule has 4 rings (SSSR count). The molecule has 9 nitrogen and oxygen atoms in total. The van der Waals surface area contributed by atoms with E-state index < -0.39 is 0 Å². The van der Waals surface area contributed by atoms with Crippen LogP contribution in [-0.4, -0.2) is 83.8 Å². The summed E-state index contributed by atoms with van der Waals surface area (Å²) in [5, 5.41) is 9.15. The Hall–Kier alpha value is -2.13. The Labute approximate surface area is 164 Å². The molecule has 1 aliphatic carbocycles. The van der Waals surface area contributed by atoms with E-state index in [0.717, 1.165) is 38.4 Å². The van der Waals surface area contributed by atoms with E-state index in [0.29, 0.717) is 24.7 Å². The van der Waals surface area contributed by atoms with Crippen molar-refractivity contribution in [1.29, 1.82) is 0 Å². The lowest BCUT2D eigenvalue weighted by Crippen LogP contribution is -2.52. The Morgan fingerprint density at radius 3 is 2.68 bits per heavy atom. The maximum atomic E-state index is 12.3. The van der Waals surface area contributed by atoms with Gasteiger partial charge in [-0.15, -0.1) is 0 Å². The Morgan fingerprint density at radius 1 is 1.25 bits per heavy atom. The lowest BCUT2D eigenvalue weighted by Gasteiger charge is -2.38. The number of amides is 2. The summed E-state index contributed by atoms with van der Waals surface area (Å²) in [6, 6.07) is 1.49.